The molecule has 0 aromatic heterocycles. The van der Waals surface area contributed by atoms with Gasteiger partial charge < -0.3 is 5.11 Å². The number of aliphatic hydroxyl groups excluding tert-OH is 1. The highest BCUT2D eigenvalue weighted by molar-refractivity contribution is 5.14. The summed E-state index contributed by atoms with van der Waals surface area (Å²) in [6.45, 7) is 6.82. The number of hydrogen-bond donors (Lipinski definition) is 1. The number of aliphatic hydroxyl groups is 1. The van der Waals surface area contributed by atoms with E-state index in [4.69, 9.17) is 5.11 Å². The monoisotopic (exact) mass is 221 g/mol. The highest BCUT2D eigenvalue weighted by Gasteiger charge is 2.09. The summed E-state index contributed by atoms with van der Waals surface area (Å²) < 4.78 is 0. The normalized spacial score (nSPS) is 11.3. The van der Waals surface area contributed by atoms with Gasteiger partial charge in [-0.3, -0.25) is 4.90 Å². The maximum atomic E-state index is 8.79. The second-order valence-electron chi connectivity index (χ2n) is 4.48. The highest BCUT2D eigenvalue weighted by Crippen LogP contribution is 2.09. The van der Waals surface area contributed by atoms with Gasteiger partial charge in [-0.1, -0.05) is 30.3 Å². The standard InChI is InChI=1S/C14H23NO/c1-13(2)15(10-6-7-11-16)12-14-8-4-3-5-9-14/h3-5,8-9,13,16H,6-7,10-12H2,1-2H3. The quantitative estimate of drug-likeness (QED) is 0.716. The minimum atomic E-state index is 0.303. The van der Waals surface area contributed by atoms with Crippen LogP contribution in [-0.4, -0.2) is 29.2 Å². The molecule has 0 spiro atoms. The lowest BCUT2D eigenvalue weighted by atomic mass is 10.1. The van der Waals surface area contributed by atoms with Crippen LogP contribution in [0.15, 0.2) is 30.3 Å². The molecule has 0 aliphatic heterocycles. The summed E-state index contributed by atoms with van der Waals surface area (Å²) in [6, 6.07) is 11.1. The number of benzene rings is 1. The Morgan fingerprint density at radius 1 is 1.12 bits per heavy atom. The Hall–Kier alpha value is -0.860. The largest absolute Gasteiger partial charge is 0.396 e. The first-order valence-electron chi connectivity index (χ1n) is 6.13. The van der Waals surface area contributed by atoms with Crippen LogP contribution in [0, 0.1) is 0 Å². The molecular formula is C14H23NO. The Labute approximate surface area is 98.9 Å². The number of unbranched alkanes of at least 4 members (excludes halogenated alkanes) is 1. The molecule has 16 heavy (non-hydrogen) atoms. The van der Waals surface area contributed by atoms with Crippen molar-refractivity contribution >= 4 is 0 Å². The first kappa shape index (κ1) is 13.2. The summed E-state index contributed by atoms with van der Waals surface area (Å²) in [4.78, 5) is 2.45. The summed E-state index contributed by atoms with van der Waals surface area (Å²) >= 11 is 0. The van der Waals surface area contributed by atoms with E-state index < -0.39 is 0 Å². The lowest BCUT2D eigenvalue weighted by Crippen LogP contribution is -2.31. The predicted molar refractivity (Wildman–Crippen MR) is 68.3 cm³/mol. The van der Waals surface area contributed by atoms with Crippen LogP contribution in [0.25, 0.3) is 0 Å². The van der Waals surface area contributed by atoms with Gasteiger partial charge in [-0.15, -0.1) is 0 Å². The smallest absolute Gasteiger partial charge is 0.0431 e. The van der Waals surface area contributed by atoms with E-state index in [-0.39, 0.29) is 0 Å². The molecule has 0 saturated heterocycles. The third-order valence-corrected chi connectivity index (χ3v) is 2.81. The molecule has 1 aromatic rings. The van der Waals surface area contributed by atoms with Crippen molar-refractivity contribution in [1.29, 1.82) is 0 Å². The van der Waals surface area contributed by atoms with Crippen LogP contribution in [0.2, 0.25) is 0 Å². The predicted octanol–water partition coefficient (Wildman–Crippen LogP) is 2.67. The van der Waals surface area contributed by atoms with Crippen molar-refractivity contribution < 1.29 is 5.11 Å². The molecule has 2 heteroatoms. The zero-order valence-corrected chi connectivity index (χ0v) is 10.4. The second kappa shape index (κ2) is 7.42. The maximum absolute atomic E-state index is 8.79. The van der Waals surface area contributed by atoms with Crippen LogP contribution in [0.5, 0.6) is 0 Å². The summed E-state index contributed by atoms with van der Waals surface area (Å²) in [7, 11) is 0. The molecule has 2 nitrogen and oxygen atoms in total. The third-order valence-electron chi connectivity index (χ3n) is 2.81. The molecular weight excluding hydrogens is 198 g/mol. The number of rotatable bonds is 7. The number of hydrogen-bond acceptors (Lipinski definition) is 2. The third kappa shape index (κ3) is 4.77. The summed E-state index contributed by atoms with van der Waals surface area (Å²) in [5.41, 5.74) is 1.36. The highest BCUT2D eigenvalue weighted by atomic mass is 16.2. The van der Waals surface area contributed by atoms with Gasteiger partial charge in [0.15, 0.2) is 0 Å². The van der Waals surface area contributed by atoms with Gasteiger partial charge in [0, 0.05) is 19.2 Å². The van der Waals surface area contributed by atoms with Crippen molar-refractivity contribution in [3.05, 3.63) is 35.9 Å². The van der Waals surface area contributed by atoms with E-state index in [9.17, 15) is 0 Å². The first-order chi connectivity index (χ1) is 7.74. The fourth-order valence-corrected chi connectivity index (χ4v) is 1.76. The van der Waals surface area contributed by atoms with E-state index in [1.165, 1.54) is 5.56 Å². The van der Waals surface area contributed by atoms with Gasteiger partial charge in [-0.2, -0.15) is 0 Å². The van der Waals surface area contributed by atoms with Gasteiger partial charge in [-0.05, 0) is 38.8 Å². The molecule has 0 fully saturated rings. The molecule has 0 bridgehead atoms. The van der Waals surface area contributed by atoms with Crippen LogP contribution in [0.4, 0.5) is 0 Å². The van der Waals surface area contributed by atoms with Crippen molar-refractivity contribution in [1.82, 2.24) is 4.90 Å². The Kier molecular flexibility index (Phi) is 6.12. The Morgan fingerprint density at radius 3 is 2.38 bits per heavy atom. The average molecular weight is 221 g/mol. The van der Waals surface area contributed by atoms with E-state index in [0.717, 1.165) is 25.9 Å². The second-order valence-corrected chi connectivity index (χ2v) is 4.48. The molecule has 1 rings (SSSR count). The maximum Gasteiger partial charge on any atom is 0.0431 e. The van der Waals surface area contributed by atoms with E-state index in [0.29, 0.717) is 12.6 Å². The van der Waals surface area contributed by atoms with Crippen LogP contribution >= 0.6 is 0 Å². The van der Waals surface area contributed by atoms with Crippen molar-refractivity contribution in [2.75, 3.05) is 13.2 Å². The molecule has 1 N–H and O–H groups in total. The van der Waals surface area contributed by atoms with Crippen molar-refractivity contribution in [3.63, 3.8) is 0 Å². The molecule has 90 valence electrons. The SMILES string of the molecule is CC(C)N(CCCCO)Cc1ccccc1. The summed E-state index contributed by atoms with van der Waals surface area (Å²) in [5, 5.41) is 8.79. The van der Waals surface area contributed by atoms with Gasteiger partial charge in [0.1, 0.15) is 0 Å². The fourth-order valence-electron chi connectivity index (χ4n) is 1.76. The molecule has 0 aliphatic rings. The molecule has 1 aromatic carbocycles. The van der Waals surface area contributed by atoms with Gasteiger partial charge in [0.05, 0.1) is 0 Å². The first-order valence-corrected chi connectivity index (χ1v) is 6.13. The van der Waals surface area contributed by atoms with Crippen LogP contribution < -0.4 is 0 Å². The number of nitrogens with zero attached hydrogens (tertiary/aromatic N) is 1. The van der Waals surface area contributed by atoms with E-state index >= 15 is 0 Å². The van der Waals surface area contributed by atoms with E-state index in [1.807, 2.05) is 0 Å². The fraction of sp³-hybridized carbons (Fsp3) is 0.571. The topological polar surface area (TPSA) is 23.5 Å². The van der Waals surface area contributed by atoms with Crippen LogP contribution in [-0.2, 0) is 6.54 Å². The molecule has 0 heterocycles. The lowest BCUT2D eigenvalue weighted by Gasteiger charge is -2.26. The zero-order chi connectivity index (χ0) is 11.8. The molecule has 0 amide bonds. The van der Waals surface area contributed by atoms with E-state index in [2.05, 4.69) is 49.1 Å². The Bertz CT molecular complexity index is 271. The van der Waals surface area contributed by atoms with Crippen molar-refractivity contribution in [3.8, 4) is 0 Å². The molecule has 0 aliphatic carbocycles. The Balaban J connectivity index is 2.45. The van der Waals surface area contributed by atoms with Crippen LogP contribution in [0.3, 0.4) is 0 Å². The molecule has 0 atom stereocenters. The van der Waals surface area contributed by atoms with Crippen LogP contribution in [0.1, 0.15) is 32.3 Å². The molecule has 0 radical (unpaired) electrons. The van der Waals surface area contributed by atoms with Gasteiger partial charge in [0.2, 0.25) is 0 Å². The molecule has 0 unspecified atom stereocenters. The minimum Gasteiger partial charge on any atom is -0.396 e. The van der Waals surface area contributed by atoms with Crippen molar-refractivity contribution in [2.45, 2.75) is 39.3 Å². The zero-order valence-electron chi connectivity index (χ0n) is 10.4. The van der Waals surface area contributed by atoms with E-state index in [1.54, 1.807) is 0 Å². The van der Waals surface area contributed by atoms with Gasteiger partial charge in [0.25, 0.3) is 0 Å². The van der Waals surface area contributed by atoms with Crippen molar-refractivity contribution in [2.24, 2.45) is 0 Å². The van der Waals surface area contributed by atoms with Gasteiger partial charge in [-0.25, -0.2) is 0 Å². The average Bonchev–Trinajstić information content (AvgIpc) is 2.29. The minimum absolute atomic E-state index is 0.303. The lowest BCUT2D eigenvalue weighted by molar-refractivity contribution is 0.198. The molecule has 0 saturated carbocycles. The summed E-state index contributed by atoms with van der Waals surface area (Å²) in [6.07, 6.45) is 1.97. The summed E-state index contributed by atoms with van der Waals surface area (Å²) in [5.74, 6) is 0. The Morgan fingerprint density at radius 2 is 1.81 bits per heavy atom. The van der Waals surface area contributed by atoms with Gasteiger partial charge >= 0.3 is 0 Å².